The maximum absolute atomic E-state index is 11.3. The van der Waals surface area contributed by atoms with Crippen molar-refractivity contribution in [1.82, 2.24) is 10.2 Å². The van der Waals surface area contributed by atoms with E-state index in [1.807, 2.05) is 19.2 Å². The number of benzene rings is 1. The molecule has 20 heavy (non-hydrogen) atoms. The van der Waals surface area contributed by atoms with Crippen LogP contribution in [0.25, 0.3) is 0 Å². The molecule has 0 spiro atoms. The van der Waals surface area contributed by atoms with E-state index in [2.05, 4.69) is 33.1 Å². The van der Waals surface area contributed by atoms with Gasteiger partial charge >= 0.3 is 0 Å². The van der Waals surface area contributed by atoms with Gasteiger partial charge in [-0.05, 0) is 51.2 Å². The Bertz CT molecular complexity index is 495. The highest BCUT2D eigenvalue weighted by Crippen LogP contribution is 2.41. The fourth-order valence-electron chi connectivity index (χ4n) is 3.13. The van der Waals surface area contributed by atoms with Crippen LogP contribution in [-0.4, -0.2) is 36.5 Å². The van der Waals surface area contributed by atoms with E-state index < -0.39 is 0 Å². The summed E-state index contributed by atoms with van der Waals surface area (Å²) in [6, 6.07) is 5.52. The number of rotatable bonds is 5. The minimum absolute atomic E-state index is 0.126. The maximum atomic E-state index is 11.3. The van der Waals surface area contributed by atoms with Crippen LogP contribution in [0.2, 0.25) is 0 Å². The van der Waals surface area contributed by atoms with Gasteiger partial charge in [-0.1, -0.05) is 22.9 Å². The van der Waals surface area contributed by atoms with Crippen LogP contribution < -0.4 is 5.32 Å². The molecule has 6 heteroatoms. The zero-order valence-corrected chi connectivity index (χ0v) is 13.4. The van der Waals surface area contributed by atoms with Crippen LogP contribution in [0.4, 0.5) is 5.69 Å². The fourth-order valence-corrected chi connectivity index (χ4v) is 3.48. The van der Waals surface area contributed by atoms with Crippen LogP contribution in [-0.2, 0) is 0 Å². The molecular formula is C14H20BrN3O2. The van der Waals surface area contributed by atoms with E-state index in [9.17, 15) is 10.1 Å². The number of hydrogen-bond donors (Lipinski definition) is 1. The number of nitrogens with zero attached hydrogens (tertiary/aromatic N) is 2. The summed E-state index contributed by atoms with van der Waals surface area (Å²) in [5.41, 5.74) is 1.05. The molecule has 1 saturated heterocycles. The molecule has 0 aliphatic carbocycles. The molecule has 0 saturated carbocycles. The van der Waals surface area contributed by atoms with Gasteiger partial charge in [-0.3, -0.25) is 15.0 Å². The first kappa shape index (κ1) is 15.4. The Morgan fingerprint density at radius 3 is 2.90 bits per heavy atom. The topological polar surface area (TPSA) is 58.4 Å². The zero-order chi connectivity index (χ0) is 14.7. The Morgan fingerprint density at radius 1 is 1.55 bits per heavy atom. The van der Waals surface area contributed by atoms with Gasteiger partial charge < -0.3 is 5.32 Å². The second-order valence-corrected chi connectivity index (χ2v) is 6.06. The van der Waals surface area contributed by atoms with Crippen LogP contribution in [0.5, 0.6) is 0 Å². The van der Waals surface area contributed by atoms with Crippen molar-refractivity contribution in [3.63, 3.8) is 0 Å². The molecule has 1 aromatic carbocycles. The van der Waals surface area contributed by atoms with E-state index in [-0.39, 0.29) is 16.7 Å². The molecule has 1 aromatic rings. The normalized spacial score (nSPS) is 23.1. The molecule has 2 rings (SSSR count). The van der Waals surface area contributed by atoms with Gasteiger partial charge in [0.1, 0.15) is 0 Å². The van der Waals surface area contributed by atoms with Gasteiger partial charge in [0.25, 0.3) is 5.69 Å². The minimum atomic E-state index is -0.275. The molecule has 1 aliphatic rings. The van der Waals surface area contributed by atoms with Crippen LogP contribution in [0.3, 0.4) is 0 Å². The fraction of sp³-hybridized carbons (Fsp3) is 0.571. The van der Waals surface area contributed by atoms with Crippen LogP contribution in [0, 0.1) is 16.0 Å². The van der Waals surface area contributed by atoms with Crippen molar-refractivity contribution in [2.45, 2.75) is 19.4 Å². The summed E-state index contributed by atoms with van der Waals surface area (Å²) in [4.78, 5) is 13.4. The van der Waals surface area contributed by atoms with Crippen molar-refractivity contribution in [3.8, 4) is 0 Å². The molecule has 5 nitrogen and oxygen atoms in total. The molecule has 0 amide bonds. The number of likely N-dealkylation sites (tertiary alicyclic amines) is 1. The van der Waals surface area contributed by atoms with Gasteiger partial charge in [-0.2, -0.15) is 0 Å². The SMILES string of the molecule is CCN1CCC(CNC)C1c1ccc(Br)cc1[N+](=O)[O-]. The average Bonchev–Trinajstić information content (AvgIpc) is 2.82. The highest BCUT2D eigenvalue weighted by atomic mass is 79.9. The summed E-state index contributed by atoms with van der Waals surface area (Å²) in [6.45, 7) is 4.91. The van der Waals surface area contributed by atoms with Crippen molar-refractivity contribution < 1.29 is 4.92 Å². The van der Waals surface area contributed by atoms with E-state index >= 15 is 0 Å². The van der Waals surface area contributed by atoms with E-state index in [0.29, 0.717) is 5.92 Å². The lowest BCUT2D eigenvalue weighted by molar-refractivity contribution is -0.386. The van der Waals surface area contributed by atoms with Gasteiger partial charge in [0.15, 0.2) is 0 Å². The van der Waals surface area contributed by atoms with Crippen molar-refractivity contribution >= 4 is 21.6 Å². The first-order chi connectivity index (χ1) is 9.58. The molecule has 1 N–H and O–H groups in total. The third-order valence-electron chi connectivity index (χ3n) is 4.01. The Morgan fingerprint density at radius 2 is 2.30 bits per heavy atom. The van der Waals surface area contributed by atoms with Gasteiger partial charge in [0, 0.05) is 22.1 Å². The molecule has 2 atom stereocenters. The highest BCUT2D eigenvalue weighted by Gasteiger charge is 2.37. The molecule has 1 fully saturated rings. The first-order valence-corrected chi connectivity index (χ1v) is 7.70. The summed E-state index contributed by atoms with van der Waals surface area (Å²) in [5, 5.41) is 14.5. The Kier molecular flexibility index (Phi) is 5.12. The summed E-state index contributed by atoms with van der Waals surface area (Å²) >= 11 is 3.32. The standard InChI is InChI=1S/C14H20BrN3O2/c1-3-17-7-6-10(9-16-2)14(17)12-5-4-11(15)8-13(12)18(19)20/h4-5,8,10,14,16H,3,6-7,9H2,1-2H3. The lowest BCUT2D eigenvalue weighted by Gasteiger charge is -2.27. The van der Waals surface area contributed by atoms with Crippen LogP contribution >= 0.6 is 15.9 Å². The van der Waals surface area contributed by atoms with Crippen LogP contribution in [0.15, 0.2) is 22.7 Å². The highest BCUT2D eigenvalue weighted by molar-refractivity contribution is 9.10. The largest absolute Gasteiger partial charge is 0.319 e. The van der Waals surface area contributed by atoms with Crippen molar-refractivity contribution in [2.75, 3.05) is 26.7 Å². The molecular weight excluding hydrogens is 322 g/mol. The molecule has 0 radical (unpaired) electrons. The smallest absolute Gasteiger partial charge is 0.275 e. The number of nitrogens with one attached hydrogen (secondary N) is 1. The summed E-state index contributed by atoms with van der Waals surface area (Å²) in [7, 11) is 1.93. The zero-order valence-electron chi connectivity index (χ0n) is 11.8. The monoisotopic (exact) mass is 341 g/mol. The van der Waals surface area contributed by atoms with Crippen LogP contribution in [0.1, 0.15) is 24.9 Å². The van der Waals surface area contributed by atoms with Crippen molar-refractivity contribution in [1.29, 1.82) is 0 Å². The first-order valence-electron chi connectivity index (χ1n) is 6.91. The maximum Gasteiger partial charge on any atom is 0.275 e. The Balaban J connectivity index is 2.43. The second kappa shape index (κ2) is 6.65. The van der Waals surface area contributed by atoms with E-state index in [4.69, 9.17) is 0 Å². The quantitative estimate of drug-likeness (QED) is 0.660. The molecule has 0 bridgehead atoms. The van der Waals surface area contributed by atoms with Gasteiger partial charge in [0.05, 0.1) is 4.92 Å². The van der Waals surface area contributed by atoms with Gasteiger partial charge in [0.2, 0.25) is 0 Å². The molecule has 2 unspecified atom stereocenters. The predicted octanol–water partition coefficient (Wildman–Crippen LogP) is 2.96. The summed E-state index contributed by atoms with van der Waals surface area (Å²) < 4.78 is 0.749. The molecule has 0 aromatic heterocycles. The molecule has 1 heterocycles. The van der Waals surface area contributed by atoms with Crippen molar-refractivity contribution in [2.24, 2.45) is 5.92 Å². The molecule has 1 aliphatic heterocycles. The number of halogens is 1. The summed E-state index contributed by atoms with van der Waals surface area (Å²) in [6.07, 6.45) is 1.08. The third-order valence-corrected chi connectivity index (χ3v) is 4.50. The Hall–Kier alpha value is -0.980. The van der Waals surface area contributed by atoms with Crippen molar-refractivity contribution in [3.05, 3.63) is 38.3 Å². The lowest BCUT2D eigenvalue weighted by atomic mass is 9.92. The Labute approximate surface area is 127 Å². The number of nitro groups is 1. The second-order valence-electron chi connectivity index (χ2n) is 5.14. The number of nitro benzene ring substituents is 1. The summed E-state index contributed by atoms with van der Waals surface area (Å²) in [5.74, 6) is 0.417. The van der Waals surface area contributed by atoms with Gasteiger partial charge in [-0.15, -0.1) is 0 Å². The van der Waals surface area contributed by atoms with E-state index in [0.717, 1.165) is 36.1 Å². The van der Waals surface area contributed by atoms with E-state index in [1.54, 1.807) is 6.07 Å². The minimum Gasteiger partial charge on any atom is -0.319 e. The number of hydrogen-bond acceptors (Lipinski definition) is 4. The van der Waals surface area contributed by atoms with Gasteiger partial charge in [-0.25, -0.2) is 0 Å². The third kappa shape index (κ3) is 3.02. The van der Waals surface area contributed by atoms with E-state index in [1.165, 1.54) is 0 Å². The lowest BCUT2D eigenvalue weighted by Crippen LogP contribution is -2.29. The average molecular weight is 342 g/mol. The molecule has 110 valence electrons. The predicted molar refractivity (Wildman–Crippen MR) is 82.8 cm³/mol.